The molecule has 0 unspecified atom stereocenters. The molecule has 0 aromatic heterocycles. The van der Waals surface area contributed by atoms with E-state index in [9.17, 15) is 8.42 Å². The van der Waals surface area contributed by atoms with Crippen LogP contribution < -0.4 is 14.8 Å². The number of hydrogen-bond acceptors (Lipinski definition) is 5. The molecule has 1 aliphatic heterocycles. The summed E-state index contributed by atoms with van der Waals surface area (Å²) < 4.78 is 40.8. The number of anilines is 1. The molecule has 0 saturated carbocycles. The zero-order valence-corrected chi connectivity index (χ0v) is 18.6. The molecule has 0 bridgehead atoms. The number of ether oxygens (including phenoxy) is 2. The summed E-state index contributed by atoms with van der Waals surface area (Å²) in [5, 5.41) is 3.37. The fourth-order valence-corrected chi connectivity index (χ4v) is 4.71. The van der Waals surface area contributed by atoms with E-state index in [4.69, 9.17) is 21.1 Å². The molecule has 1 aliphatic rings. The first kappa shape index (κ1) is 21.2. The predicted octanol–water partition coefficient (Wildman–Crippen LogP) is 5.19. The van der Waals surface area contributed by atoms with Crippen LogP contribution in [0.25, 0.3) is 0 Å². The number of rotatable bonds is 6. The zero-order chi connectivity index (χ0) is 22.0. The van der Waals surface area contributed by atoms with Gasteiger partial charge in [-0.15, -0.1) is 4.40 Å². The molecule has 0 spiro atoms. The normalized spacial score (nSPS) is 14.2. The van der Waals surface area contributed by atoms with Crippen molar-refractivity contribution in [1.82, 2.24) is 0 Å². The number of fused-ring (bicyclic) bond motifs is 1. The van der Waals surface area contributed by atoms with Gasteiger partial charge >= 0.3 is 0 Å². The number of hydrogen-bond donors (Lipinski definition) is 1. The quantitative estimate of drug-likeness (QED) is 0.552. The van der Waals surface area contributed by atoms with E-state index < -0.39 is 10.0 Å². The number of amidine groups is 1. The van der Waals surface area contributed by atoms with Crippen molar-refractivity contribution in [3.63, 3.8) is 0 Å². The largest absolute Gasteiger partial charge is 0.490 e. The summed E-state index contributed by atoms with van der Waals surface area (Å²) in [6.07, 6.45) is 0. The molecule has 1 heterocycles. The van der Waals surface area contributed by atoms with Gasteiger partial charge in [-0.1, -0.05) is 53.6 Å². The third kappa shape index (κ3) is 4.52. The van der Waals surface area contributed by atoms with Crippen LogP contribution in [0.5, 0.6) is 11.5 Å². The number of para-hydroxylation sites is 1. The van der Waals surface area contributed by atoms with Crippen molar-refractivity contribution in [1.29, 1.82) is 0 Å². The lowest BCUT2D eigenvalue weighted by atomic mass is 10.1. The van der Waals surface area contributed by atoms with Gasteiger partial charge in [0.15, 0.2) is 17.3 Å². The molecular weight excluding hydrogens is 436 g/mol. The predicted molar refractivity (Wildman–Crippen MR) is 122 cm³/mol. The first-order valence-electron chi connectivity index (χ1n) is 9.73. The molecule has 8 heteroatoms. The van der Waals surface area contributed by atoms with E-state index in [0.29, 0.717) is 41.0 Å². The van der Waals surface area contributed by atoms with Gasteiger partial charge in [-0.25, -0.2) is 0 Å². The molecule has 0 amide bonds. The standard InChI is InChI=1S/C23H21ClN2O4S/c1-3-29-20-13-17(23-25-19-9-4-5-10-21(19)31(27,28)26-23)12-18(24)22(20)30-14-16-8-6-7-15(2)11-16/h4-13H,3,14H2,1-2H3,(H,25,26). The van der Waals surface area contributed by atoms with Crippen molar-refractivity contribution in [2.24, 2.45) is 4.40 Å². The van der Waals surface area contributed by atoms with Crippen molar-refractivity contribution in [2.75, 3.05) is 11.9 Å². The number of benzene rings is 3. The molecule has 4 rings (SSSR count). The van der Waals surface area contributed by atoms with E-state index in [-0.39, 0.29) is 10.7 Å². The molecule has 31 heavy (non-hydrogen) atoms. The summed E-state index contributed by atoms with van der Waals surface area (Å²) in [7, 11) is -3.83. The summed E-state index contributed by atoms with van der Waals surface area (Å²) in [5.74, 6) is 0.985. The molecule has 3 aromatic rings. The Morgan fingerprint density at radius 1 is 1.03 bits per heavy atom. The van der Waals surface area contributed by atoms with Crippen LogP contribution in [0.15, 0.2) is 70.0 Å². The molecule has 0 saturated heterocycles. The van der Waals surface area contributed by atoms with Crippen molar-refractivity contribution in [2.45, 2.75) is 25.3 Å². The van der Waals surface area contributed by atoms with Crippen molar-refractivity contribution in [3.05, 3.63) is 82.4 Å². The molecule has 0 fully saturated rings. The Balaban J connectivity index is 1.68. The summed E-state index contributed by atoms with van der Waals surface area (Å²) >= 11 is 6.52. The molecule has 6 nitrogen and oxygen atoms in total. The van der Waals surface area contributed by atoms with E-state index in [1.807, 2.05) is 38.1 Å². The van der Waals surface area contributed by atoms with Crippen LogP contribution in [0.4, 0.5) is 5.69 Å². The topological polar surface area (TPSA) is 77.0 Å². The maximum atomic E-state index is 12.6. The second-order valence-electron chi connectivity index (χ2n) is 7.03. The summed E-state index contributed by atoms with van der Waals surface area (Å²) in [4.78, 5) is 0.132. The second-order valence-corrected chi connectivity index (χ2v) is 9.01. The van der Waals surface area contributed by atoms with Crippen LogP contribution in [-0.4, -0.2) is 20.9 Å². The number of halogens is 1. The Bertz CT molecular complexity index is 1270. The molecule has 0 aliphatic carbocycles. The highest BCUT2D eigenvalue weighted by molar-refractivity contribution is 7.90. The molecule has 0 radical (unpaired) electrons. The minimum atomic E-state index is -3.83. The van der Waals surface area contributed by atoms with Gasteiger partial charge in [0.25, 0.3) is 10.0 Å². The van der Waals surface area contributed by atoms with Gasteiger partial charge < -0.3 is 14.8 Å². The lowest BCUT2D eigenvalue weighted by Gasteiger charge is -2.20. The van der Waals surface area contributed by atoms with Crippen molar-refractivity contribution in [3.8, 4) is 11.5 Å². The van der Waals surface area contributed by atoms with Crippen LogP contribution in [0, 0.1) is 6.92 Å². The highest BCUT2D eigenvalue weighted by atomic mass is 35.5. The van der Waals surface area contributed by atoms with Gasteiger partial charge in [-0.05, 0) is 43.7 Å². The Morgan fingerprint density at radius 2 is 1.84 bits per heavy atom. The lowest BCUT2D eigenvalue weighted by Crippen LogP contribution is -2.22. The van der Waals surface area contributed by atoms with Crippen LogP contribution in [-0.2, 0) is 16.6 Å². The van der Waals surface area contributed by atoms with Gasteiger partial charge in [0.2, 0.25) is 0 Å². The summed E-state index contributed by atoms with van der Waals surface area (Å²) in [5.41, 5.74) is 3.08. The van der Waals surface area contributed by atoms with E-state index >= 15 is 0 Å². The van der Waals surface area contributed by atoms with Crippen LogP contribution in [0.1, 0.15) is 23.6 Å². The van der Waals surface area contributed by atoms with Crippen LogP contribution in [0.2, 0.25) is 5.02 Å². The monoisotopic (exact) mass is 456 g/mol. The smallest absolute Gasteiger partial charge is 0.286 e. The number of aryl methyl sites for hydroxylation is 1. The molecule has 1 N–H and O–H groups in total. The van der Waals surface area contributed by atoms with Crippen molar-refractivity contribution < 1.29 is 17.9 Å². The highest BCUT2D eigenvalue weighted by Crippen LogP contribution is 2.38. The zero-order valence-electron chi connectivity index (χ0n) is 17.1. The Kier molecular flexibility index (Phi) is 5.89. The van der Waals surface area contributed by atoms with Gasteiger partial charge in [-0.3, -0.25) is 0 Å². The average Bonchev–Trinajstić information content (AvgIpc) is 2.73. The third-order valence-electron chi connectivity index (χ3n) is 4.68. The van der Waals surface area contributed by atoms with Gasteiger partial charge in [0, 0.05) is 5.56 Å². The van der Waals surface area contributed by atoms with E-state index in [1.54, 1.807) is 30.3 Å². The molecule has 160 valence electrons. The summed E-state index contributed by atoms with van der Waals surface area (Å²) in [6, 6.07) is 17.9. The number of nitrogens with one attached hydrogen (secondary N) is 1. The highest BCUT2D eigenvalue weighted by Gasteiger charge is 2.26. The van der Waals surface area contributed by atoms with Gasteiger partial charge in [-0.2, -0.15) is 8.42 Å². The van der Waals surface area contributed by atoms with E-state index in [1.165, 1.54) is 6.07 Å². The minimum Gasteiger partial charge on any atom is -0.490 e. The fourth-order valence-electron chi connectivity index (χ4n) is 3.30. The number of sulfonamides is 1. The SMILES string of the molecule is CCOc1cc(C2=NS(=O)(=O)c3ccccc3N2)cc(Cl)c1OCc1cccc(C)c1. The molecule has 3 aromatic carbocycles. The second kappa shape index (κ2) is 8.61. The maximum Gasteiger partial charge on any atom is 0.286 e. The van der Waals surface area contributed by atoms with Crippen molar-refractivity contribution >= 4 is 33.1 Å². The summed E-state index contributed by atoms with van der Waals surface area (Å²) in [6.45, 7) is 4.58. The first-order valence-corrected chi connectivity index (χ1v) is 11.6. The maximum absolute atomic E-state index is 12.6. The van der Waals surface area contributed by atoms with Crippen LogP contribution >= 0.6 is 11.6 Å². The molecule has 0 atom stereocenters. The number of nitrogens with zero attached hydrogens (tertiary/aromatic N) is 1. The minimum absolute atomic E-state index is 0.132. The lowest BCUT2D eigenvalue weighted by molar-refractivity contribution is 0.269. The Labute approximate surface area is 186 Å². The molecular formula is C23H21ClN2O4S. The van der Waals surface area contributed by atoms with Gasteiger partial charge in [0.05, 0.1) is 17.3 Å². The van der Waals surface area contributed by atoms with Gasteiger partial charge in [0.1, 0.15) is 11.5 Å². The van der Waals surface area contributed by atoms with E-state index in [0.717, 1.165) is 11.1 Å². The Hall–Kier alpha value is -3.03. The fraction of sp³-hybridized carbons (Fsp3) is 0.174. The first-order chi connectivity index (χ1) is 14.9. The van der Waals surface area contributed by atoms with E-state index in [2.05, 4.69) is 9.71 Å². The third-order valence-corrected chi connectivity index (χ3v) is 6.29. The Morgan fingerprint density at radius 3 is 2.61 bits per heavy atom. The van der Waals surface area contributed by atoms with Crippen LogP contribution in [0.3, 0.4) is 0 Å². The average molecular weight is 457 g/mol.